The SMILES string of the molecule is COc1cccc(C(=O)NC2=C(C#N)CCO2)c1OC. The molecule has 1 heterocycles. The number of nitrogens with zero attached hydrogens (tertiary/aromatic N) is 1. The molecular formula is C14H14N2O4. The second-order valence-electron chi connectivity index (χ2n) is 4.01. The largest absolute Gasteiger partial charge is 0.493 e. The van der Waals surface area contributed by atoms with Crippen LogP contribution in [0.25, 0.3) is 0 Å². The van der Waals surface area contributed by atoms with E-state index in [0.717, 1.165) is 0 Å². The zero-order chi connectivity index (χ0) is 14.5. The number of nitrogens with one attached hydrogen (secondary N) is 1. The summed E-state index contributed by atoms with van der Waals surface area (Å²) in [5.74, 6) is 0.597. The third-order valence-electron chi connectivity index (χ3n) is 2.88. The van der Waals surface area contributed by atoms with Crippen molar-refractivity contribution in [3.05, 3.63) is 35.2 Å². The molecule has 1 N–H and O–H groups in total. The molecule has 0 saturated heterocycles. The highest BCUT2D eigenvalue weighted by Crippen LogP contribution is 2.31. The summed E-state index contributed by atoms with van der Waals surface area (Å²) < 4.78 is 15.6. The van der Waals surface area contributed by atoms with Crippen LogP contribution in [0.15, 0.2) is 29.7 Å². The quantitative estimate of drug-likeness (QED) is 0.901. The average Bonchev–Trinajstić information content (AvgIpc) is 2.93. The summed E-state index contributed by atoms with van der Waals surface area (Å²) in [7, 11) is 2.95. The highest BCUT2D eigenvalue weighted by molar-refractivity contribution is 5.98. The molecule has 6 heteroatoms. The number of hydrogen-bond acceptors (Lipinski definition) is 5. The molecule has 0 fully saturated rings. The van der Waals surface area contributed by atoms with Crippen LogP contribution in [0.5, 0.6) is 11.5 Å². The molecule has 2 rings (SSSR count). The molecule has 0 atom stereocenters. The molecule has 0 aromatic heterocycles. The Morgan fingerprint density at radius 1 is 1.40 bits per heavy atom. The minimum absolute atomic E-state index is 0.211. The number of para-hydroxylation sites is 1. The number of carbonyl (C=O) groups excluding carboxylic acids is 1. The lowest BCUT2D eigenvalue weighted by atomic mass is 10.1. The zero-order valence-electron chi connectivity index (χ0n) is 11.2. The number of nitriles is 1. The number of methoxy groups -OCH3 is 2. The summed E-state index contributed by atoms with van der Waals surface area (Å²) in [5, 5.41) is 11.5. The molecule has 1 amide bonds. The molecule has 104 valence electrons. The minimum Gasteiger partial charge on any atom is -0.493 e. The van der Waals surface area contributed by atoms with Gasteiger partial charge in [0.2, 0.25) is 5.88 Å². The molecule has 0 saturated carbocycles. The first-order chi connectivity index (χ1) is 9.71. The Morgan fingerprint density at radius 3 is 2.85 bits per heavy atom. The van der Waals surface area contributed by atoms with Crippen molar-refractivity contribution in [1.82, 2.24) is 5.32 Å². The van der Waals surface area contributed by atoms with Crippen LogP contribution in [-0.4, -0.2) is 26.7 Å². The van der Waals surface area contributed by atoms with Gasteiger partial charge in [-0.1, -0.05) is 6.07 Å². The second-order valence-corrected chi connectivity index (χ2v) is 4.01. The van der Waals surface area contributed by atoms with Gasteiger partial charge in [-0.2, -0.15) is 5.26 Å². The van der Waals surface area contributed by atoms with Gasteiger partial charge < -0.3 is 14.2 Å². The molecule has 0 radical (unpaired) electrons. The van der Waals surface area contributed by atoms with Gasteiger partial charge in [0.1, 0.15) is 6.07 Å². The number of carbonyl (C=O) groups is 1. The highest BCUT2D eigenvalue weighted by Gasteiger charge is 2.22. The summed E-state index contributed by atoms with van der Waals surface area (Å²) in [5.41, 5.74) is 0.743. The minimum atomic E-state index is -0.412. The first-order valence-corrected chi connectivity index (χ1v) is 5.99. The van der Waals surface area contributed by atoms with Crippen molar-refractivity contribution >= 4 is 5.91 Å². The molecule has 1 aromatic rings. The van der Waals surface area contributed by atoms with Gasteiger partial charge in [0, 0.05) is 6.42 Å². The van der Waals surface area contributed by atoms with Gasteiger partial charge in [0.05, 0.1) is 32.0 Å². The molecular weight excluding hydrogens is 260 g/mol. The van der Waals surface area contributed by atoms with E-state index >= 15 is 0 Å². The van der Waals surface area contributed by atoms with Crippen LogP contribution >= 0.6 is 0 Å². The molecule has 1 aliphatic heterocycles. The van der Waals surface area contributed by atoms with E-state index in [2.05, 4.69) is 5.32 Å². The number of hydrogen-bond donors (Lipinski definition) is 1. The molecule has 20 heavy (non-hydrogen) atoms. The smallest absolute Gasteiger partial charge is 0.261 e. The van der Waals surface area contributed by atoms with Crippen molar-refractivity contribution < 1.29 is 19.0 Å². The fourth-order valence-electron chi connectivity index (χ4n) is 1.91. The van der Waals surface area contributed by atoms with Crippen LogP contribution < -0.4 is 14.8 Å². The maximum atomic E-state index is 12.2. The normalized spacial score (nSPS) is 13.4. The predicted octanol–water partition coefficient (Wildman–Crippen LogP) is 1.59. The topological polar surface area (TPSA) is 80.6 Å². The van der Waals surface area contributed by atoms with E-state index in [4.69, 9.17) is 19.5 Å². The van der Waals surface area contributed by atoms with Crippen molar-refractivity contribution in [3.63, 3.8) is 0 Å². The summed E-state index contributed by atoms with van der Waals surface area (Å²) in [6, 6.07) is 7.00. The zero-order valence-corrected chi connectivity index (χ0v) is 11.2. The Kier molecular flexibility index (Phi) is 4.11. The fourth-order valence-corrected chi connectivity index (χ4v) is 1.91. The van der Waals surface area contributed by atoms with Gasteiger partial charge in [-0.3, -0.25) is 10.1 Å². The predicted molar refractivity (Wildman–Crippen MR) is 70.2 cm³/mol. The van der Waals surface area contributed by atoms with Crippen LogP contribution in [0.3, 0.4) is 0 Å². The summed E-state index contributed by atoms with van der Waals surface area (Å²) in [6.07, 6.45) is 0.501. The lowest BCUT2D eigenvalue weighted by molar-refractivity contribution is 0.0927. The lowest BCUT2D eigenvalue weighted by Gasteiger charge is -2.12. The Hall–Kier alpha value is -2.68. The Balaban J connectivity index is 2.29. The number of ether oxygens (including phenoxy) is 3. The van der Waals surface area contributed by atoms with E-state index in [9.17, 15) is 4.79 Å². The van der Waals surface area contributed by atoms with E-state index in [0.29, 0.717) is 35.7 Å². The Morgan fingerprint density at radius 2 is 2.20 bits per heavy atom. The molecule has 1 aliphatic rings. The second kappa shape index (κ2) is 5.97. The van der Waals surface area contributed by atoms with Crippen LogP contribution in [-0.2, 0) is 4.74 Å². The molecule has 0 aliphatic carbocycles. The number of benzene rings is 1. The highest BCUT2D eigenvalue weighted by atomic mass is 16.5. The molecule has 1 aromatic carbocycles. The van der Waals surface area contributed by atoms with Gasteiger partial charge in [-0.25, -0.2) is 0 Å². The van der Waals surface area contributed by atoms with Gasteiger partial charge in [-0.05, 0) is 12.1 Å². The van der Waals surface area contributed by atoms with Crippen LogP contribution in [0, 0.1) is 11.3 Å². The van der Waals surface area contributed by atoms with Crippen LogP contribution in [0.2, 0.25) is 0 Å². The van der Waals surface area contributed by atoms with Crippen molar-refractivity contribution in [1.29, 1.82) is 5.26 Å². The monoisotopic (exact) mass is 274 g/mol. The molecule has 6 nitrogen and oxygen atoms in total. The Bertz CT molecular complexity index is 602. The van der Waals surface area contributed by atoms with Gasteiger partial charge in [0.25, 0.3) is 5.91 Å². The van der Waals surface area contributed by atoms with Crippen molar-refractivity contribution in [2.24, 2.45) is 0 Å². The fraction of sp³-hybridized carbons (Fsp3) is 0.286. The lowest BCUT2D eigenvalue weighted by Crippen LogP contribution is -2.24. The molecule has 0 bridgehead atoms. The van der Waals surface area contributed by atoms with Gasteiger partial charge in [-0.15, -0.1) is 0 Å². The van der Waals surface area contributed by atoms with Crippen LogP contribution in [0.1, 0.15) is 16.8 Å². The average molecular weight is 274 g/mol. The number of rotatable bonds is 4. The summed E-state index contributed by atoms with van der Waals surface area (Å²) in [6.45, 7) is 0.397. The van der Waals surface area contributed by atoms with E-state index < -0.39 is 5.91 Å². The first-order valence-electron chi connectivity index (χ1n) is 5.99. The van der Waals surface area contributed by atoms with E-state index in [1.807, 2.05) is 6.07 Å². The summed E-state index contributed by atoms with van der Waals surface area (Å²) in [4.78, 5) is 12.2. The van der Waals surface area contributed by atoms with Crippen molar-refractivity contribution in [3.8, 4) is 17.6 Å². The van der Waals surface area contributed by atoms with Crippen molar-refractivity contribution in [2.75, 3.05) is 20.8 Å². The maximum absolute atomic E-state index is 12.2. The number of amides is 1. The van der Waals surface area contributed by atoms with Gasteiger partial charge >= 0.3 is 0 Å². The van der Waals surface area contributed by atoms with E-state index in [-0.39, 0.29) is 5.88 Å². The standard InChI is InChI=1S/C14H14N2O4/c1-18-11-5-3-4-10(12(11)19-2)13(17)16-14-9(8-15)6-7-20-14/h3-5H,6-7H2,1-2H3,(H,16,17). The maximum Gasteiger partial charge on any atom is 0.261 e. The molecule has 0 unspecified atom stereocenters. The van der Waals surface area contributed by atoms with Crippen molar-refractivity contribution in [2.45, 2.75) is 6.42 Å². The van der Waals surface area contributed by atoms with E-state index in [1.165, 1.54) is 14.2 Å². The summed E-state index contributed by atoms with van der Waals surface area (Å²) >= 11 is 0. The Labute approximate surface area is 116 Å². The van der Waals surface area contributed by atoms with Gasteiger partial charge in [0.15, 0.2) is 11.5 Å². The van der Waals surface area contributed by atoms with Crippen LogP contribution in [0.4, 0.5) is 0 Å². The third kappa shape index (κ3) is 2.52. The molecule has 0 spiro atoms. The first kappa shape index (κ1) is 13.7. The third-order valence-corrected chi connectivity index (χ3v) is 2.88. The van der Waals surface area contributed by atoms with E-state index in [1.54, 1.807) is 18.2 Å².